The summed E-state index contributed by atoms with van der Waals surface area (Å²) in [6, 6.07) is 8.68. The molecule has 1 heterocycles. The van der Waals surface area contributed by atoms with Gasteiger partial charge in [0.15, 0.2) is 0 Å². The molecular weight excluding hydrogens is 347 g/mol. The predicted molar refractivity (Wildman–Crippen MR) is 77.4 cm³/mol. The Morgan fingerprint density at radius 3 is 2.62 bits per heavy atom. The van der Waals surface area contributed by atoms with Crippen LogP contribution in [0.2, 0.25) is 0 Å². The number of benzene rings is 1. The van der Waals surface area contributed by atoms with Crippen LogP contribution in [0.25, 0.3) is 0 Å². The van der Waals surface area contributed by atoms with Gasteiger partial charge in [0.1, 0.15) is 12.4 Å². The third-order valence-electron chi connectivity index (χ3n) is 2.85. The highest BCUT2D eigenvalue weighted by Crippen LogP contribution is 2.30. The molecule has 0 atom stereocenters. The lowest BCUT2D eigenvalue weighted by molar-refractivity contribution is -0.137. The molecule has 2 nitrogen and oxygen atoms in total. The lowest BCUT2D eigenvalue weighted by atomic mass is 10.1. The molecule has 6 heteroatoms. The van der Waals surface area contributed by atoms with Crippen molar-refractivity contribution in [2.75, 3.05) is 0 Å². The van der Waals surface area contributed by atoms with Gasteiger partial charge in [-0.2, -0.15) is 13.2 Å². The van der Waals surface area contributed by atoms with E-state index in [4.69, 9.17) is 4.74 Å². The van der Waals surface area contributed by atoms with Gasteiger partial charge in [0.2, 0.25) is 0 Å². The molecule has 112 valence electrons. The minimum absolute atomic E-state index is 0.0641. The zero-order chi connectivity index (χ0) is 15.5. The number of hydrogen-bond donors (Lipinski definition) is 0. The molecule has 2 rings (SSSR count). The molecule has 0 N–H and O–H groups in total. The summed E-state index contributed by atoms with van der Waals surface area (Å²) in [5.74, 6) is 0.565. The Balaban J connectivity index is 2.13. The molecule has 1 aromatic heterocycles. The fourth-order valence-corrected chi connectivity index (χ4v) is 2.23. The van der Waals surface area contributed by atoms with E-state index in [0.717, 1.165) is 23.5 Å². The number of rotatable bonds is 4. The first-order chi connectivity index (χ1) is 9.90. The Bertz CT molecular complexity index is 629. The van der Waals surface area contributed by atoms with Crippen LogP contribution in [0.4, 0.5) is 13.2 Å². The standard InChI is InChI=1S/C15H13BrF3NO/c1-10-5-6-14(13(8-16)20-10)21-9-11-3-2-4-12(7-11)15(17,18)19/h2-7H,8-9H2,1H3. The maximum absolute atomic E-state index is 12.6. The van der Waals surface area contributed by atoms with E-state index in [1.165, 1.54) is 6.07 Å². The third kappa shape index (κ3) is 4.20. The lowest BCUT2D eigenvalue weighted by Gasteiger charge is -2.12. The van der Waals surface area contributed by atoms with Gasteiger partial charge in [-0.15, -0.1) is 0 Å². The van der Waals surface area contributed by atoms with Gasteiger partial charge in [0.05, 0.1) is 11.3 Å². The van der Waals surface area contributed by atoms with Crippen molar-refractivity contribution in [1.29, 1.82) is 0 Å². The SMILES string of the molecule is Cc1ccc(OCc2cccc(C(F)(F)F)c2)c(CBr)n1. The predicted octanol–water partition coefficient (Wildman–Crippen LogP) is 4.88. The van der Waals surface area contributed by atoms with Crippen LogP contribution in [0, 0.1) is 6.92 Å². The lowest BCUT2D eigenvalue weighted by Crippen LogP contribution is -2.06. The Morgan fingerprint density at radius 1 is 1.19 bits per heavy atom. The first kappa shape index (κ1) is 15.8. The normalized spacial score (nSPS) is 11.5. The van der Waals surface area contributed by atoms with Gasteiger partial charge >= 0.3 is 6.18 Å². The fourth-order valence-electron chi connectivity index (χ4n) is 1.82. The number of aryl methyl sites for hydroxylation is 1. The molecule has 0 amide bonds. The van der Waals surface area contributed by atoms with Gasteiger partial charge in [-0.05, 0) is 36.8 Å². The van der Waals surface area contributed by atoms with Gasteiger partial charge in [-0.1, -0.05) is 28.1 Å². The van der Waals surface area contributed by atoms with Crippen LogP contribution in [0.15, 0.2) is 36.4 Å². The largest absolute Gasteiger partial charge is 0.487 e. The van der Waals surface area contributed by atoms with Gasteiger partial charge in [0, 0.05) is 11.0 Å². The molecule has 0 spiro atoms. The van der Waals surface area contributed by atoms with E-state index in [9.17, 15) is 13.2 Å². The summed E-state index contributed by atoms with van der Waals surface area (Å²) in [4.78, 5) is 4.31. The second-order valence-electron chi connectivity index (χ2n) is 4.52. The molecule has 0 aliphatic heterocycles. The maximum atomic E-state index is 12.6. The van der Waals surface area contributed by atoms with E-state index in [0.29, 0.717) is 16.6 Å². The fraction of sp³-hybridized carbons (Fsp3) is 0.267. The van der Waals surface area contributed by atoms with Crippen molar-refractivity contribution in [3.8, 4) is 5.75 Å². The van der Waals surface area contributed by atoms with E-state index in [1.54, 1.807) is 18.2 Å². The Kier molecular flexibility index (Phi) is 4.88. The summed E-state index contributed by atoms with van der Waals surface area (Å²) in [5.41, 5.74) is 1.37. The zero-order valence-corrected chi connectivity index (χ0v) is 12.8. The highest BCUT2D eigenvalue weighted by atomic mass is 79.9. The average molecular weight is 360 g/mol. The second-order valence-corrected chi connectivity index (χ2v) is 5.08. The van der Waals surface area contributed by atoms with Crippen molar-refractivity contribution in [2.45, 2.75) is 25.0 Å². The highest BCUT2D eigenvalue weighted by molar-refractivity contribution is 9.08. The maximum Gasteiger partial charge on any atom is 0.416 e. The summed E-state index contributed by atoms with van der Waals surface area (Å²) < 4.78 is 43.5. The van der Waals surface area contributed by atoms with Crippen LogP contribution in [-0.4, -0.2) is 4.98 Å². The number of hydrogen-bond acceptors (Lipinski definition) is 2. The van der Waals surface area contributed by atoms with Crippen LogP contribution in [0.3, 0.4) is 0 Å². The van der Waals surface area contributed by atoms with E-state index < -0.39 is 11.7 Å². The van der Waals surface area contributed by atoms with E-state index >= 15 is 0 Å². The molecule has 1 aromatic carbocycles. The number of alkyl halides is 4. The van der Waals surface area contributed by atoms with E-state index in [2.05, 4.69) is 20.9 Å². The topological polar surface area (TPSA) is 22.1 Å². The van der Waals surface area contributed by atoms with Crippen molar-refractivity contribution in [1.82, 2.24) is 4.98 Å². The average Bonchev–Trinajstić information content (AvgIpc) is 2.45. The van der Waals surface area contributed by atoms with E-state index in [1.807, 2.05) is 6.92 Å². The molecule has 0 unspecified atom stereocenters. The Labute approximate surface area is 129 Å². The Hall–Kier alpha value is -1.56. The quantitative estimate of drug-likeness (QED) is 0.725. The van der Waals surface area contributed by atoms with E-state index in [-0.39, 0.29) is 6.61 Å². The molecule has 0 aliphatic carbocycles. The molecule has 0 fully saturated rings. The van der Waals surface area contributed by atoms with Gasteiger partial charge in [-0.25, -0.2) is 0 Å². The number of pyridine rings is 1. The number of nitrogens with zero attached hydrogens (tertiary/aromatic N) is 1. The highest BCUT2D eigenvalue weighted by Gasteiger charge is 2.30. The summed E-state index contributed by atoms with van der Waals surface area (Å²) in [6.07, 6.45) is -4.34. The van der Waals surface area contributed by atoms with Crippen LogP contribution in [0.5, 0.6) is 5.75 Å². The van der Waals surface area contributed by atoms with Crippen molar-refractivity contribution < 1.29 is 17.9 Å². The second kappa shape index (κ2) is 6.47. The van der Waals surface area contributed by atoms with Crippen molar-refractivity contribution in [3.63, 3.8) is 0 Å². The monoisotopic (exact) mass is 359 g/mol. The third-order valence-corrected chi connectivity index (χ3v) is 3.38. The van der Waals surface area contributed by atoms with Crippen molar-refractivity contribution in [2.24, 2.45) is 0 Å². The summed E-state index contributed by atoms with van der Waals surface area (Å²) in [7, 11) is 0. The van der Waals surface area contributed by atoms with Gasteiger partial charge in [0.25, 0.3) is 0 Å². The molecule has 21 heavy (non-hydrogen) atoms. The smallest absolute Gasteiger partial charge is 0.416 e. The van der Waals surface area contributed by atoms with Crippen LogP contribution < -0.4 is 4.74 Å². The van der Waals surface area contributed by atoms with Gasteiger partial charge < -0.3 is 4.74 Å². The molecule has 0 aliphatic rings. The number of halogens is 4. The van der Waals surface area contributed by atoms with Crippen LogP contribution in [0.1, 0.15) is 22.5 Å². The Morgan fingerprint density at radius 2 is 1.95 bits per heavy atom. The summed E-state index contributed by atoms with van der Waals surface area (Å²) in [5, 5.41) is 0.520. The minimum atomic E-state index is -4.34. The molecule has 0 saturated heterocycles. The summed E-state index contributed by atoms with van der Waals surface area (Å²) in [6.45, 7) is 1.93. The first-order valence-corrected chi connectivity index (χ1v) is 7.33. The molecule has 0 radical (unpaired) electrons. The van der Waals surface area contributed by atoms with Crippen LogP contribution >= 0.6 is 15.9 Å². The molecular formula is C15H13BrF3NO. The zero-order valence-electron chi connectivity index (χ0n) is 11.2. The number of ether oxygens (including phenoxy) is 1. The summed E-state index contributed by atoms with van der Waals surface area (Å²) >= 11 is 3.32. The first-order valence-electron chi connectivity index (χ1n) is 6.21. The molecule has 0 saturated carbocycles. The van der Waals surface area contributed by atoms with Crippen molar-refractivity contribution >= 4 is 15.9 Å². The molecule has 2 aromatic rings. The minimum Gasteiger partial charge on any atom is -0.487 e. The number of aromatic nitrogens is 1. The van der Waals surface area contributed by atoms with Crippen molar-refractivity contribution in [3.05, 3.63) is 58.9 Å². The van der Waals surface area contributed by atoms with Crippen LogP contribution in [-0.2, 0) is 18.1 Å². The van der Waals surface area contributed by atoms with Gasteiger partial charge in [-0.3, -0.25) is 4.98 Å². The molecule has 0 bridgehead atoms.